The fourth-order valence-electron chi connectivity index (χ4n) is 1.28. The summed E-state index contributed by atoms with van der Waals surface area (Å²) in [6.07, 6.45) is 4.71. The Morgan fingerprint density at radius 2 is 2.27 bits per heavy atom. The number of alkyl halides is 1. The first-order chi connectivity index (χ1) is 7.25. The van der Waals surface area contributed by atoms with Gasteiger partial charge in [-0.25, -0.2) is 0 Å². The van der Waals surface area contributed by atoms with Crippen molar-refractivity contribution in [2.24, 2.45) is 0 Å². The molecule has 78 valence electrons. The second-order valence-electron chi connectivity index (χ2n) is 3.40. The molecule has 4 heteroatoms. The normalized spacial score (nSPS) is 12.7. The van der Waals surface area contributed by atoms with Gasteiger partial charge in [0.1, 0.15) is 0 Å². The topological polar surface area (TPSA) is 25.8 Å². The lowest BCUT2D eigenvalue weighted by Crippen LogP contribution is -1.95. The summed E-state index contributed by atoms with van der Waals surface area (Å²) in [5, 5.41) is 0. The van der Waals surface area contributed by atoms with Crippen molar-refractivity contribution >= 4 is 27.3 Å². The summed E-state index contributed by atoms with van der Waals surface area (Å²) in [7, 11) is 0. The Morgan fingerprint density at radius 1 is 1.40 bits per heavy atom. The van der Waals surface area contributed by atoms with Crippen LogP contribution in [0, 0.1) is 6.92 Å². The number of halogens is 1. The summed E-state index contributed by atoms with van der Waals surface area (Å²) in [4.78, 5) is 10.0. The molecule has 0 saturated carbocycles. The minimum atomic E-state index is 0.320. The Balaban J connectivity index is 2.06. The molecule has 0 spiro atoms. The molecular formula is C11H11BrN2S. The van der Waals surface area contributed by atoms with E-state index in [4.69, 9.17) is 0 Å². The summed E-state index contributed by atoms with van der Waals surface area (Å²) in [6, 6.07) is 4.17. The van der Waals surface area contributed by atoms with Crippen LogP contribution in [-0.4, -0.2) is 9.97 Å². The van der Waals surface area contributed by atoms with E-state index in [1.807, 2.05) is 24.8 Å². The van der Waals surface area contributed by atoms with Gasteiger partial charge in [-0.15, -0.1) is 11.3 Å². The fraction of sp³-hybridized carbons (Fsp3) is 0.273. The highest BCUT2D eigenvalue weighted by molar-refractivity contribution is 9.09. The smallest absolute Gasteiger partial charge is 0.0794 e. The van der Waals surface area contributed by atoms with Crippen LogP contribution in [0.4, 0.5) is 0 Å². The molecule has 0 N–H and O–H groups in total. The standard InChI is InChI=1S/C11H11BrN2S/c1-8-2-3-9(14-5-8)4-10(12)11-6-13-7-15-11/h2-3,5-7,10H,4H2,1H3. The summed E-state index contributed by atoms with van der Waals surface area (Å²) in [6.45, 7) is 2.05. The molecule has 1 atom stereocenters. The monoisotopic (exact) mass is 282 g/mol. The number of thiazole rings is 1. The van der Waals surface area contributed by atoms with E-state index in [0.29, 0.717) is 4.83 Å². The minimum absolute atomic E-state index is 0.320. The highest BCUT2D eigenvalue weighted by atomic mass is 79.9. The average molecular weight is 283 g/mol. The molecule has 0 amide bonds. The molecule has 1 unspecified atom stereocenters. The van der Waals surface area contributed by atoms with E-state index in [9.17, 15) is 0 Å². The van der Waals surface area contributed by atoms with E-state index in [2.05, 4.69) is 38.0 Å². The van der Waals surface area contributed by atoms with Crippen molar-refractivity contribution in [3.63, 3.8) is 0 Å². The molecular weight excluding hydrogens is 272 g/mol. The van der Waals surface area contributed by atoms with Gasteiger partial charge in [-0.3, -0.25) is 9.97 Å². The Labute approximate surface area is 102 Å². The van der Waals surface area contributed by atoms with Crippen LogP contribution in [0.3, 0.4) is 0 Å². The first-order valence-corrected chi connectivity index (χ1v) is 6.49. The number of rotatable bonds is 3. The third-order valence-electron chi connectivity index (χ3n) is 2.12. The first-order valence-electron chi connectivity index (χ1n) is 4.69. The molecule has 0 aliphatic rings. The van der Waals surface area contributed by atoms with Crippen molar-refractivity contribution in [1.29, 1.82) is 0 Å². The van der Waals surface area contributed by atoms with Crippen molar-refractivity contribution in [1.82, 2.24) is 9.97 Å². The summed E-state index contributed by atoms with van der Waals surface area (Å²) in [5.41, 5.74) is 4.16. The molecule has 2 nitrogen and oxygen atoms in total. The molecule has 0 aliphatic carbocycles. The van der Waals surface area contributed by atoms with E-state index in [0.717, 1.165) is 12.1 Å². The van der Waals surface area contributed by atoms with Crippen molar-refractivity contribution in [2.75, 3.05) is 0 Å². The van der Waals surface area contributed by atoms with Gasteiger partial charge in [-0.05, 0) is 18.6 Å². The predicted octanol–water partition coefficient (Wildman–Crippen LogP) is 3.53. The van der Waals surface area contributed by atoms with Gasteiger partial charge in [0.15, 0.2) is 0 Å². The summed E-state index contributed by atoms with van der Waals surface area (Å²) < 4.78 is 0. The molecule has 0 aliphatic heterocycles. The minimum Gasteiger partial charge on any atom is -0.261 e. The van der Waals surface area contributed by atoms with Gasteiger partial charge in [0.05, 0.1) is 10.3 Å². The Bertz CT molecular complexity index is 411. The van der Waals surface area contributed by atoms with Crippen LogP contribution in [-0.2, 0) is 6.42 Å². The predicted molar refractivity (Wildman–Crippen MR) is 66.5 cm³/mol. The van der Waals surface area contributed by atoms with Gasteiger partial charge >= 0.3 is 0 Å². The van der Waals surface area contributed by atoms with Crippen LogP contribution >= 0.6 is 27.3 Å². The van der Waals surface area contributed by atoms with E-state index < -0.39 is 0 Å². The van der Waals surface area contributed by atoms with Crippen molar-refractivity contribution in [3.8, 4) is 0 Å². The number of aromatic nitrogens is 2. The average Bonchev–Trinajstić information content (AvgIpc) is 2.74. The third-order valence-corrected chi connectivity index (χ3v) is 4.13. The van der Waals surface area contributed by atoms with Crippen molar-refractivity contribution in [2.45, 2.75) is 18.2 Å². The number of pyridine rings is 1. The Hall–Kier alpha value is -0.740. The lowest BCUT2D eigenvalue weighted by atomic mass is 10.2. The van der Waals surface area contributed by atoms with Crippen LogP contribution in [0.15, 0.2) is 30.0 Å². The molecule has 0 radical (unpaired) electrons. The Morgan fingerprint density at radius 3 is 2.87 bits per heavy atom. The SMILES string of the molecule is Cc1ccc(CC(Br)c2cncs2)nc1. The molecule has 2 rings (SSSR count). The molecule has 0 saturated heterocycles. The maximum absolute atomic E-state index is 4.38. The number of hydrogen-bond donors (Lipinski definition) is 0. The molecule has 15 heavy (non-hydrogen) atoms. The van der Waals surface area contributed by atoms with Crippen molar-refractivity contribution in [3.05, 3.63) is 46.2 Å². The molecule has 0 fully saturated rings. The van der Waals surface area contributed by atoms with Gasteiger partial charge < -0.3 is 0 Å². The number of nitrogens with zero attached hydrogens (tertiary/aromatic N) is 2. The maximum Gasteiger partial charge on any atom is 0.0794 e. The van der Waals surface area contributed by atoms with E-state index >= 15 is 0 Å². The largest absolute Gasteiger partial charge is 0.261 e. The molecule has 2 heterocycles. The second kappa shape index (κ2) is 4.86. The zero-order valence-corrected chi connectivity index (χ0v) is 10.8. The van der Waals surface area contributed by atoms with Gasteiger partial charge in [-0.1, -0.05) is 22.0 Å². The molecule has 2 aromatic rings. The second-order valence-corrected chi connectivity index (χ2v) is 5.43. The lowest BCUT2D eigenvalue weighted by Gasteiger charge is -2.06. The fourth-order valence-corrected chi connectivity index (χ4v) is 2.65. The highest BCUT2D eigenvalue weighted by Crippen LogP contribution is 2.28. The summed E-state index contributed by atoms with van der Waals surface area (Å²) in [5.74, 6) is 0. The first kappa shape index (κ1) is 10.8. The zero-order chi connectivity index (χ0) is 10.7. The van der Waals surface area contributed by atoms with Crippen LogP contribution in [0.2, 0.25) is 0 Å². The molecule has 0 bridgehead atoms. The third kappa shape index (κ3) is 2.86. The van der Waals surface area contributed by atoms with Crippen LogP contribution in [0.5, 0.6) is 0 Å². The highest BCUT2D eigenvalue weighted by Gasteiger charge is 2.10. The van der Waals surface area contributed by atoms with Gasteiger partial charge in [0.25, 0.3) is 0 Å². The number of hydrogen-bond acceptors (Lipinski definition) is 3. The maximum atomic E-state index is 4.38. The quantitative estimate of drug-likeness (QED) is 0.805. The Kier molecular flexibility index (Phi) is 3.49. The van der Waals surface area contributed by atoms with Gasteiger partial charge in [-0.2, -0.15) is 0 Å². The van der Waals surface area contributed by atoms with Crippen molar-refractivity contribution < 1.29 is 0 Å². The van der Waals surface area contributed by atoms with Crippen LogP contribution in [0.1, 0.15) is 21.0 Å². The summed E-state index contributed by atoms with van der Waals surface area (Å²) >= 11 is 5.32. The van der Waals surface area contributed by atoms with Crippen LogP contribution in [0.25, 0.3) is 0 Å². The molecule has 2 aromatic heterocycles. The molecule has 0 aromatic carbocycles. The number of aryl methyl sites for hydroxylation is 1. The lowest BCUT2D eigenvalue weighted by molar-refractivity contribution is 0.914. The van der Waals surface area contributed by atoms with Gasteiger partial charge in [0.2, 0.25) is 0 Å². The van der Waals surface area contributed by atoms with Gasteiger partial charge in [0, 0.05) is 29.4 Å². The zero-order valence-electron chi connectivity index (χ0n) is 8.35. The van der Waals surface area contributed by atoms with Crippen LogP contribution < -0.4 is 0 Å². The van der Waals surface area contributed by atoms with E-state index in [-0.39, 0.29) is 0 Å². The van der Waals surface area contributed by atoms with E-state index in [1.165, 1.54) is 10.4 Å². The van der Waals surface area contributed by atoms with E-state index in [1.54, 1.807) is 11.3 Å².